The molecule has 0 saturated heterocycles. The van der Waals surface area contributed by atoms with Crippen molar-refractivity contribution in [3.8, 4) is 0 Å². The lowest BCUT2D eigenvalue weighted by atomic mass is 10.1. The third-order valence-electron chi connectivity index (χ3n) is 4.54. The summed E-state index contributed by atoms with van der Waals surface area (Å²) in [5.74, 6) is 0.186. The van der Waals surface area contributed by atoms with E-state index in [-0.39, 0.29) is 16.7 Å². The van der Waals surface area contributed by atoms with Crippen molar-refractivity contribution in [2.24, 2.45) is 0 Å². The Morgan fingerprint density at radius 3 is 2.57 bits per heavy atom. The van der Waals surface area contributed by atoms with Crippen LogP contribution in [0.4, 0.5) is 11.5 Å². The van der Waals surface area contributed by atoms with Crippen molar-refractivity contribution >= 4 is 34.1 Å². The van der Waals surface area contributed by atoms with E-state index >= 15 is 0 Å². The molecule has 6 heteroatoms. The molecule has 1 amide bonds. The van der Waals surface area contributed by atoms with Crippen LogP contribution >= 0.6 is 0 Å². The van der Waals surface area contributed by atoms with Gasteiger partial charge >= 0.3 is 0 Å². The van der Waals surface area contributed by atoms with Gasteiger partial charge in [-0.15, -0.1) is 0 Å². The molecule has 0 unspecified atom stereocenters. The first-order valence-corrected chi connectivity index (χ1v) is 9.57. The van der Waals surface area contributed by atoms with Gasteiger partial charge in [0, 0.05) is 30.2 Å². The van der Waals surface area contributed by atoms with Crippen LogP contribution in [0.2, 0.25) is 0 Å². The topological polar surface area (TPSA) is 76.0 Å². The summed E-state index contributed by atoms with van der Waals surface area (Å²) in [7, 11) is 1.54. The van der Waals surface area contributed by atoms with Crippen molar-refractivity contribution in [3.63, 3.8) is 0 Å². The van der Waals surface area contributed by atoms with Crippen molar-refractivity contribution < 1.29 is 4.79 Å². The largest absolute Gasteiger partial charge is 0.355 e. The Bertz CT molecular complexity index is 1220. The Kier molecular flexibility index (Phi) is 6.27. The van der Waals surface area contributed by atoms with Gasteiger partial charge in [0.2, 0.25) is 0 Å². The second-order valence-electron chi connectivity index (χ2n) is 6.63. The number of carbonyl (C=O) groups excluding carboxylic acids is 1. The fraction of sp³-hybridized carbons (Fsp3) is 0.125. The van der Waals surface area contributed by atoms with Crippen LogP contribution in [0.1, 0.15) is 23.0 Å². The summed E-state index contributed by atoms with van der Waals surface area (Å²) in [5, 5.41) is 6.15. The van der Waals surface area contributed by atoms with E-state index in [1.165, 1.54) is 13.1 Å². The Hall–Kier alpha value is -3.93. The highest BCUT2D eigenvalue weighted by Gasteiger charge is 2.19. The first-order chi connectivity index (χ1) is 14.5. The van der Waals surface area contributed by atoms with Gasteiger partial charge in [0.05, 0.1) is 10.9 Å². The number of para-hydroxylation sites is 1. The number of pyridine rings is 2. The van der Waals surface area contributed by atoms with Gasteiger partial charge in [-0.25, -0.2) is 4.98 Å². The predicted molar refractivity (Wildman–Crippen MR) is 123 cm³/mol. The minimum absolute atomic E-state index is 0.256. The lowest BCUT2D eigenvalue weighted by Gasteiger charge is -2.19. The first-order valence-electron chi connectivity index (χ1n) is 9.57. The molecule has 0 aliphatic rings. The number of rotatable bonds is 6. The highest BCUT2D eigenvalue weighted by molar-refractivity contribution is 6.06. The Morgan fingerprint density at radius 2 is 1.93 bits per heavy atom. The fourth-order valence-electron chi connectivity index (χ4n) is 3.20. The van der Waals surface area contributed by atoms with Crippen molar-refractivity contribution in [2.75, 3.05) is 12.4 Å². The van der Waals surface area contributed by atoms with Gasteiger partial charge in [-0.1, -0.05) is 36.9 Å². The number of hydrogen-bond donors (Lipinski definition) is 2. The molecule has 0 atom stereocenters. The number of anilines is 2. The average Bonchev–Trinajstić information content (AvgIpc) is 2.75. The number of aromatic nitrogens is 2. The van der Waals surface area contributed by atoms with Crippen LogP contribution in [0.5, 0.6) is 0 Å². The Labute approximate surface area is 175 Å². The van der Waals surface area contributed by atoms with E-state index in [1.54, 1.807) is 23.6 Å². The number of nitrogens with zero attached hydrogens (tertiary/aromatic N) is 2. The maximum absolute atomic E-state index is 13.1. The molecule has 2 aromatic heterocycles. The van der Waals surface area contributed by atoms with Gasteiger partial charge in [-0.2, -0.15) is 0 Å². The van der Waals surface area contributed by atoms with Crippen LogP contribution in [0.3, 0.4) is 0 Å². The Balaban J connectivity index is 2.44. The zero-order valence-corrected chi connectivity index (χ0v) is 17.3. The van der Waals surface area contributed by atoms with Gasteiger partial charge in [-0.05, 0) is 44.2 Å². The van der Waals surface area contributed by atoms with Gasteiger partial charge in [0.25, 0.3) is 5.91 Å². The number of aryl methyl sites for hydroxylation is 1. The molecule has 152 valence electrons. The normalized spacial score (nSPS) is 11.6. The number of benzene rings is 1. The maximum Gasteiger partial charge on any atom is 0.251 e. The van der Waals surface area contributed by atoms with Crippen LogP contribution in [-0.4, -0.2) is 22.5 Å². The molecule has 2 N–H and O–H groups in total. The highest BCUT2D eigenvalue weighted by Crippen LogP contribution is 2.26. The summed E-state index contributed by atoms with van der Waals surface area (Å²) in [4.78, 5) is 30.2. The van der Waals surface area contributed by atoms with Gasteiger partial charge < -0.3 is 10.6 Å². The Morgan fingerprint density at radius 1 is 1.20 bits per heavy atom. The molecule has 0 aliphatic heterocycles. The molecule has 0 bridgehead atoms. The third-order valence-corrected chi connectivity index (χ3v) is 4.54. The van der Waals surface area contributed by atoms with Crippen LogP contribution in [0.15, 0.2) is 78.1 Å². The number of carbonyl (C=O) groups is 1. The molecule has 1 aromatic carbocycles. The first kappa shape index (κ1) is 20.8. The summed E-state index contributed by atoms with van der Waals surface area (Å²) in [6.07, 6.45) is 7.33. The standard InChI is InChI=1S/C24H24N4O2/c1-5-7-13-18(6-2)28-21(27-17-11-9-8-10-12-17)15-20(29)22-19(24(30)25-4)14-16(3)26-23(22)28/h5-15,27H,2H2,1,3-4H3,(H,25,30)/b7-5-,18-13+. The van der Waals surface area contributed by atoms with Crippen LogP contribution in [0.25, 0.3) is 16.7 Å². The highest BCUT2D eigenvalue weighted by atomic mass is 16.1. The van der Waals surface area contributed by atoms with E-state index in [1.807, 2.05) is 55.5 Å². The molecule has 3 aromatic rings. The monoisotopic (exact) mass is 400 g/mol. The number of amides is 1. The van der Waals surface area contributed by atoms with E-state index in [0.717, 1.165) is 5.69 Å². The molecule has 0 spiro atoms. The van der Waals surface area contributed by atoms with Crippen molar-refractivity contribution in [2.45, 2.75) is 13.8 Å². The quantitative estimate of drug-likeness (QED) is 0.601. The van der Waals surface area contributed by atoms with Crippen molar-refractivity contribution in [1.82, 2.24) is 14.9 Å². The lowest BCUT2D eigenvalue weighted by molar-refractivity contribution is 0.0964. The summed E-state index contributed by atoms with van der Waals surface area (Å²) in [5.41, 5.74) is 2.53. The van der Waals surface area contributed by atoms with Crippen LogP contribution in [-0.2, 0) is 0 Å². The molecule has 0 saturated carbocycles. The predicted octanol–water partition coefficient (Wildman–Crippen LogP) is 4.41. The van der Waals surface area contributed by atoms with Crippen molar-refractivity contribution in [1.29, 1.82) is 0 Å². The molecule has 3 rings (SSSR count). The zero-order valence-electron chi connectivity index (χ0n) is 17.3. The number of allylic oxidation sites excluding steroid dienone is 5. The van der Waals surface area contributed by atoms with Crippen LogP contribution < -0.4 is 16.1 Å². The molecular formula is C24H24N4O2. The molecule has 0 radical (unpaired) electrons. The third kappa shape index (κ3) is 4.07. The summed E-state index contributed by atoms with van der Waals surface area (Å²) in [6, 6.07) is 12.6. The number of nitrogens with one attached hydrogen (secondary N) is 2. The van der Waals surface area contributed by atoms with Gasteiger partial charge in [-0.3, -0.25) is 14.2 Å². The summed E-state index contributed by atoms with van der Waals surface area (Å²) >= 11 is 0. The summed E-state index contributed by atoms with van der Waals surface area (Å²) < 4.78 is 1.80. The lowest BCUT2D eigenvalue weighted by Crippen LogP contribution is -2.23. The van der Waals surface area contributed by atoms with Gasteiger partial charge in [0.1, 0.15) is 5.82 Å². The van der Waals surface area contributed by atoms with E-state index in [0.29, 0.717) is 28.4 Å². The molecule has 0 aliphatic carbocycles. The molecule has 0 fully saturated rings. The fourth-order valence-corrected chi connectivity index (χ4v) is 3.20. The average molecular weight is 400 g/mol. The van der Waals surface area contributed by atoms with Gasteiger partial charge in [0.15, 0.2) is 11.1 Å². The SMILES string of the molecule is C=C/C(=C\C=C/C)n1c(Nc2ccccc2)cc(=O)c2c(C(=O)NC)cc(C)nc21. The van der Waals surface area contributed by atoms with E-state index in [2.05, 4.69) is 22.2 Å². The second kappa shape index (κ2) is 9.05. The van der Waals surface area contributed by atoms with Crippen LogP contribution in [0, 0.1) is 6.92 Å². The minimum Gasteiger partial charge on any atom is -0.355 e. The van der Waals surface area contributed by atoms with E-state index in [4.69, 9.17) is 0 Å². The summed E-state index contributed by atoms with van der Waals surface area (Å²) in [6.45, 7) is 7.63. The van der Waals surface area contributed by atoms with E-state index < -0.39 is 0 Å². The number of fused-ring (bicyclic) bond motifs is 1. The maximum atomic E-state index is 13.1. The van der Waals surface area contributed by atoms with E-state index in [9.17, 15) is 9.59 Å². The van der Waals surface area contributed by atoms with Crippen molar-refractivity contribution in [3.05, 3.63) is 94.8 Å². The second-order valence-corrected chi connectivity index (χ2v) is 6.63. The smallest absolute Gasteiger partial charge is 0.251 e. The number of hydrogen-bond acceptors (Lipinski definition) is 4. The molecule has 2 heterocycles. The molecule has 30 heavy (non-hydrogen) atoms. The zero-order chi connectivity index (χ0) is 21.7. The minimum atomic E-state index is -0.337. The molecule has 6 nitrogen and oxygen atoms in total. The molecular weight excluding hydrogens is 376 g/mol.